The molecule has 0 spiro atoms. The van der Waals surface area contributed by atoms with E-state index in [9.17, 15) is 9.59 Å². The molecule has 2 rings (SSSR count). The standard InChI is InChI=1S/C18H18Cl2N2O2/c1-2-3-9-21-17(23)12-5-4-6-13(10-12)18(24)22-14-7-8-15(19)16(20)11-14/h4-8,10-11H,2-3,9H2,1H3,(H,21,23)(H,22,24). The van der Waals surface area contributed by atoms with Crippen molar-refractivity contribution in [1.29, 1.82) is 0 Å². The summed E-state index contributed by atoms with van der Waals surface area (Å²) in [6.45, 7) is 2.68. The molecule has 0 bridgehead atoms. The highest BCUT2D eigenvalue weighted by Gasteiger charge is 2.11. The number of halogens is 2. The third kappa shape index (κ3) is 4.98. The van der Waals surface area contributed by atoms with Crippen molar-refractivity contribution in [3.05, 3.63) is 63.6 Å². The van der Waals surface area contributed by atoms with Gasteiger partial charge in [0, 0.05) is 23.4 Å². The predicted molar refractivity (Wildman–Crippen MR) is 98.1 cm³/mol. The van der Waals surface area contributed by atoms with Crippen LogP contribution in [0.3, 0.4) is 0 Å². The Bertz CT molecular complexity index is 748. The van der Waals surface area contributed by atoms with E-state index in [2.05, 4.69) is 17.6 Å². The third-order valence-corrected chi connectivity index (χ3v) is 4.12. The van der Waals surface area contributed by atoms with Gasteiger partial charge < -0.3 is 10.6 Å². The number of amides is 2. The SMILES string of the molecule is CCCCNC(=O)c1cccc(C(=O)Nc2ccc(Cl)c(Cl)c2)c1. The van der Waals surface area contributed by atoms with E-state index in [-0.39, 0.29) is 11.8 Å². The van der Waals surface area contributed by atoms with Crippen LogP contribution in [-0.4, -0.2) is 18.4 Å². The zero-order valence-electron chi connectivity index (χ0n) is 13.2. The predicted octanol–water partition coefficient (Wildman–Crippen LogP) is 4.78. The summed E-state index contributed by atoms with van der Waals surface area (Å²) in [7, 11) is 0. The quantitative estimate of drug-likeness (QED) is 0.724. The van der Waals surface area contributed by atoms with E-state index < -0.39 is 0 Å². The average Bonchev–Trinajstić information content (AvgIpc) is 2.58. The summed E-state index contributed by atoms with van der Waals surface area (Å²) in [5, 5.41) is 6.33. The van der Waals surface area contributed by atoms with E-state index in [4.69, 9.17) is 23.2 Å². The molecule has 4 nitrogen and oxygen atoms in total. The number of unbranched alkanes of at least 4 members (excludes halogenated alkanes) is 1. The van der Waals surface area contributed by atoms with Crippen LogP contribution in [0.2, 0.25) is 10.0 Å². The van der Waals surface area contributed by atoms with Gasteiger partial charge in [0.05, 0.1) is 10.0 Å². The molecule has 2 amide bonds. The second-order valence-corrected chi connectivity index (χ2v) is 6.09. The van der Waals surface area contributed by atoms with Crippen molar-refractivity contribution in [2.75, 3.05) is 11.9 Å². The van der Waals surface area contributed by atoms with Crippen LogP contribution in [-0.2, 0) is 0 Å². The minimum absolute atomic E-state index is 0.187. The first-order valence-corrected chi connectivity index (χ1v) is 8.41. The Morgan fingerprint density at radius 1 is 0.958 bits per heavy atom. The molecular weight excluding hydrogens is 347 g/mol. The molecule has 0 saturated carbocycles. The maximum atomic E-state index is 12.3. The average molecular weight is 365 g/mol. The molecule has 0 saturated heterocycles. The fourth-order valence-corrected chi connectivity index (χ4v) is 2.36. The van der Waals surface area contributed by atoms with Crippen LogP contribution >= 0.6 is 23.2 Å². The van der Waals surface area contributed by atoms with E-state index in [0.717, 1.165) is 12.8 Å². The van der Waals surface area contributed by atoms with E-state index in [1.165, 1.54) is 0 Å². The fourth-order valence-electron chi connectivity index (χ4n) is 2.06. The minimum atomic E-state index is -0.323. The second-order valence-electron chi connectivity index (χ2n) is 5.27. The molecule has 24 heavy (non-hydrogen) atoms. The molecule has 0 aliphatic rings. The summed E-state index contributed by atoms with van der Waals surface area (Å²) in [5.41, 5.74) is 1.38. The summed E-state index contributed by atoms with van der Waals surface area (Å²) in [6, 6.07) is 11.4. The van der Waals surface area contributed by atoms with Crippen molar-refractivity contribution in [1.82, 2.24) is 5.32 Å². The maximum Gasteiger partial charge on any atom is 0.255 e. The van der Waals surface area contributed by atoms with Crippen LogP contribution in [0.5, 0.6) is 0 Å². The molecule has 0 heterocycles. The summed E-state index contributed by atoms with van der Waals surface area (Å²) in [5.74, 6) is -0.510. The Labute approximate surface area is 151 Å². The van der Waals surface area contributed by atoms with Gasteiger partial charge in [-0.05, 0) is 42.8 Å². The van der Waals surface area contributed by atoms with Crippen molar-refractivity contribution >= 4 is 40.7 Å². The van der Waals surface area contributed by atoms with Crippen molar-refractivity contribution < 1.29 is 9.59 Å². The summed E-state index contributed by atoms with van der Waals surface area (Å²) >= 11 is 11.8. The molecule has 2 aromatic carbocycles. The first kappa shape index (κ1) is 18.3. The molecular formula is C18H18Cl2N2O2. The van der Waals surface area contributed by atoms with Crippen LogP contribution in [0.1, 0.15) is 40.5 Å². The number of benzene rings is 2. The Balaban J connectivity index is 2.08. The van der Waals surface area contributed by atoms with Gasteiger partial charge >= 0.3 is 0 Å². The molecule has 6 heteroatoms. The highest BCUT2D eigenvalue weighted by molar-refractivity contribution is 6.42. The lowest BCUT2D eigenvalue weighted by molar-refractivity contribution is 0.0953. The maximum absolute atomic E-state index is 12.3. The molecule has 2 aromatic rings. The highest BCUT2D eigenvalue weighted by atomic mass is 35.5. The van der Waals surface area contributed by atoms with Crippen molar-refractivity contribution in [2.24, 2.45) is 0 Å². The molecule has 0 radical (unpaired) electrons. The first-order chi connectivity index (χ1) is 11.5. The van der Waals surface area contributed by atoms with Crippen LogP contribution in [0.15, 0.2) is 42.5 Å². The summed E-state index contributed by atoms with van der Waals surface area (Å²) in [6.07, 6.45) is 1.93. The molecule has 0 aliphatic heterocycles. The second kappa shape index (κ2) is 8.71. The molecule has 0 aliphatic carbocycles. The molecule has 0 aromatic heterocycles. The van der Waals surface area contributed by atoms with Crippen LogP contribution < -0.4 is 10.6 Å². The number of nitrogens with one attached hydrogen (secondary N) is 2. The molecule has 0 fully saturated rings. The Hall–Kier alpha value is -2.04. The number of hydrogen-bond donors (Lipinski definition) is 2. The third-order valence-electron chi connectivity index (χ3n) is 3.38. The normalized spacial score (nSPS) is 10.3. The molecule has 2 N–H and O–H groups in total. The van der Waals surface area contributed by atoms with Gasteiger partial charge in [-0.15, -0.1) is 0 Å². The Kier molecular flexibility index (Phi) is 6.64. The molecule has 0 unspecified atom stereocenters. The van der Waals surface area contributed by atoms with E-state index in [1.807, 2.05) is 0 Å². The number of hydrogen-bond acceptors (Lipinski definition) is 2. The topological polar surface area (TPSA) is 58.2 Å². The lowest BCUT2D eigenvalue weighted by Gasteiger charge is -2.08. The summed E-state index contributed by atoms with van der Waals surface area (Å²) in [4.78, 5) is 24.4. The lowest BCUT2D eigenvalue weighted by Crippen LogP contribution is -2.24. The monoisotopic (exact) mass is 364 g/mol. The fraction of sp³-hybridized carbons (Fsp3) is 0.222. The van der Waals surface area contributed by atoms with Gasteiger partial charge in [-0.25, -0.2) is 0 Å². The van der Waals surface area contributed by atoms with Gasteiger partial charge in [0.2, 0.25) is 0 Å². The number of anilines is 1. The van der Waals surface area contributed by atoms with Gasteiger partial charge in [-0.3, -0.25) is 9.59 Å². The first-order valence-electron chi connectivity index (χ1n) is 7.66. The number of carbonyl (C=O) groups excluding carboxylic acids is 2. The zero-order valence-corrected chi connectivity index (χ0v) is 14.7. The van der Waals surface area contributed by atoms with Gasteiger partial charge in [0.15, 0.2) is 0 Å². The molecule has 126 valence electrons. The zero-order chi connectivity index (χ0) is 17.5. The van der Waals surface area contributed by atoms with Crippen LogP contribution in [0.4, 0.5) is 5.69 Å². The van der Waals surface area contributed by atoms with Gasteiger partial charge in [-0.1, -0.05) is 42.6 Å². The van der Waals surface area contributed by atoms with Crippen molar-refractivity contribution in [2.45, 2.75) is 19.8 Å². The number of rotatable bonds is 6. The van der Waals surface area contributed by atoms with Crippen LogP contribution in [0.25, 0.3) is 0 Å². The van der Waals surface area contributed by atoms with E-state index in [1.54, 1.807) is 42.5 Å². The Morgan fingerprint density at radius 3 is 2.33 bits per heavy atom. The Morgan fingerprint density at radius 2 is 1.67 bits per heavy atom. The van der Waals surface area contributed by atoms with Crippen LogP contribution in [0, 0.1) is 0 Å². The highest BCUT2D eigenvalue weighted by Crippen LogP contribution is 2.25. The number of carbonyl (C=O) groups is 2. The summed E-state index contributed by atoms with van der Waals surface area (Å²) < 4.78 is 0. The van der Waals surface area contributed by atoms with E-state index in [0.29, 0.717) is 33.4 Å². The smallest absolute Gasteiger partial charge is 0.255 e. The minimum Gasteiger partial charge on any atom is -0.352 e. The van der Waals surface area contributed by atoms with Crippen molar-refractivity contribution in [3.63, 3.8) is 0 Å². The molecule has 0 atom stereocenters. The van der Waals surface area contributed by atoms with Gasteiger partial charge in [0.1, 0.15) is 0 Å². The van der Waals surface area contributed by atoms with Gasteiger partial charge in [0.25, 0.3) is 11.8 Å². The van der Waals surface area contributed by atoms with E-state index >= 15 is 0 Å². The van der Waals surface area contributed by atoms with Crippen molar-refractivity contribution in [3.8, 4) is 0 Å². The van der Waals surface area contributed by atoms with Gasteiger partial charge in [-0.2, -0.15) is 0 Å². The largest absolute Gasteiger partial charge is 0.352 e. The lowest BCUT2D eigenvalue weighted by atomic mass is 10.1.